The number of halogens is 1. The number of hydrogen-bond acceptors (Lipinski definition) is 5. The van der Waals surface area contributed by atoms with Crippen LogP contribution < -0.4 is 4.74 Å². The van der Waals surface area contributed by atoms with Gasteiger partial charge in [-0.3, -0.25) is 0 Å². The molecule has 3 aromatic heterocycles. The van der Waals surface area contributed by atoms with Crippen LogP contribution >= 0.6 is 0 Å². The molecule has 0 spiro atoms. The van der Waals surface area contributed by atoms with E-state index in [0.29, 0.717) is 11.7 Å². The largest absolute Gasteiger partial charge is 0.479 e. The second kappa shape index (κ2) is 7.79. The summed E-state index contributed by atoms with van der Waals surface area (Å²) < 4.78 is 22.5. The Morgan fingerprint density at radius 3 is 2.68 bits per heavy atom. The molecule has 0 radical (unpaired) electrons. The lowest BCUT2D eigenvalue weighted by Gasteiger charge is -2.08. The first kappa shape index (κ1) is 19.2. The number of hydrogen-bond donors (Lipinski definition) is 0. The lowest BCUT2D eigenvalue weighted by molar-refractivity contribution is 0.395. The highest BCUT2D eigenvalue weighted by Crippen LogP contribution is 2.33. The van der Waals surface area contributed by atoms with Gasteiger partial charge in [0.1, 0.15) is 17.3 Å². The summed E-state index contributed by atoms with van der Waals surface area (Å²) in [7, 11) is 1.60. The molecule has 0 unspecified atom stereocenters. The smallest absolute Gasteiger partial charge is 0.238 e. The third kappa shape index (κ3) is 3.72. The number of benzene rings is 1. The quantitative estimate of drug-likeness (QED) is 0.491. The molecule has 5 rings (SSSR count). The average molecular weight is 416 g/mol. The zero-order valence-corrected chi connectivity index (χ0v) is 17.2. The number of methoxy groups -OCH3 is 1. The summed E-state index contributed by atoms with van der Waals surface area (Å²) in [5, 5.41) is 4.58. The van der Waals surface area contributed by atoms with E-state index in [1.54, 1.807) is 13.4 Å². The molecule has 156 valence electrons. The molecule has 4 heterocycles. The zero-order chi connectivity index (χ0) is 21.4. The molecule has 1 aliphatic rings. The molecule has 8 heteroatoms. The van der Waals surface area contributed by atoms with E-state index in [2.05, 4.69) is 15.1 Å². The molecule has 0 aliphatic carbocycles. The zero-order valence-electron chi connectivity index (χ0n) is 17.2. The Kier molecular flexibility index (Phi) is 4.82. The lowest BCUT2D eigenvalue weighted by Crippen LogP contribution is -1.99. The van der Waals surface area contributed by atoms with Gasteiger partial charge in [0.05, 0.1) is 24.8 Å². The molecule has 4 aromatic rings. The molecule has 0 bridgehead atoms. The first-order valence-corrected chi connectivity index (χ1v) is 10.0. The topological polar surface area (TPSA) is 70.7 Å². The van der Waals surface area contributed by atoms with Crippen molar-refractivity contribution in [2.75, 3.05) is 7.11 Å². The second-order valence-electron chi connectivity index (χ2n) is 7.46. The van der Waals surface area contributed by atoms with E-state index in [-0.39, 0.29) is 11.7 Å². The maximum Gasteiger partial charge on any atom is 0.238 e. The molecule has 7 nitrogen and oxygen atoms in total. The van der Waals surface area contributed by atoms with Crippen LogP contribution in [0.2, 0.25) is 0 Å². The first-order chi connectivity index (χ1) is 15.1. The Balaban J connectivity index is 1.38. The van der Waals surface area contributed by atoms with E-state index in [1.807, 2.05) is 58.8 Å². The molecular formula is C23H21FN6O. The predicted octanol–water partition coefficient (Wildman–Crippen LogP) is 4.02. The highest BCUT2D eigenvalue weighted by molar-refractivity contribution is 5.65. The molecule has 0 N–H and O–H groups in total. The van der Waals surface area contributed by atoms with E-state index in [4.69, 9.17) is 9.72 Å². The molecule has 0 saturated carbocycles. The van der Waals surface area contributed by atoms with Gasteiger partial charge < -0.3 is 9.30 Å². The van der Waals surface area contributed by atoms with Crippen molar-refractivity contribution in [1.29, 1.82) is 0 Å². The van der Waals surface area contributed by atoms with Gasteiger partial charge in [0.15, 0.2) is 5.82 Å². The molecular weight excluding hydrogens is 395 g/mol. The number of rotatable bonds is 5. The number of imidazole rings is 1. The fraction of sp³-hybridized carbons (Fsp3) is 0.217. The predicted molar refractivity (Wildman–Crippen MR) is 114 cm³/mol. The van der Waals surface area contributed by atoms with E-state index in [1.165, 1.54) is 12.1 Å². The van der Waals surface area contributed by atoms with Crippen LogP contribution in [0.15, 0.2) is 48.9 Å². The third-order valence-electron chi connectivity index (χ3n) is 5.38. The second-order valence-corrected chi connectivity index (χ2v) is 7.46. The summed E-state index contributed by atoms with van der Waals surface area (Å²) in [5.41, 5.74) is 3.53. The van der Waals surface area contributed by atoms with Gasteiger partial charge in [-0.25, -0.2) is 24.0 Å². The van der Waals surface area contributed by atoms with Crippen molar-refractivity contribution < 1.29 is 9.13 Å². The maximum atomic E-state index is 13.3. The normalized spacial score (nSPS) is 15.5. The summed E-state index contributed by atoms with van der Waals surface area (Å²) >= 11 is 0. The van der Waals surface area contributed by atoms with Gasteiger partial charge in [-0.15, -0.1) is 0 Å². The first-order valence-electron chi connectivity index (χ1n) is 10.0. The minimum atomic E-state index is -0.232. The van der Waals surface area contributed by atoms with Gasteiger partial charge in [0.2, 0.25) is 5.88 Å². The van der Waals surface area contributed by atoms with Crippen LogP contribution in [0.25, 0.3) is 17.8 Å². The number of aryl methyl sites for hydroxylation is 2. The van der Waals surface area contributed by atoms with Gasteiger partial charge in [-0.05, 0) is 55.3 Å². The number of ether oxygens (including phenoxy) is 1. The van der Waals surface area contributed by atoms with Crippen LogP contribution in [0.3, 0.4) is 0 Å². The monoisotopic (exact) mass is 416 g/mol. The van der Waals surface area contributed by atoms with E-state index >= 15 is 0 Å². The van der Waals surface area contributed by atoms with Crippen molar-refractivity contribution in [2.24, 2.45) is 0 Å². The Morgan fingerprint density at radius 1 is 1.10 bits per heavy atom. The Hall–Kier alpha value is -3.81. The van der Waals surface area contributed by atoms with Crippen molar-refractivity contribution in [2.45, 2.75) is 25.8 Å². The number of pyridine rings is 1. The summed E-state index contributed by atoms with van der Waals surface area (Å²) in [4.78, 5) is 13.5. The Morgan fingerprint density at radius 2 is 1.94 bits per heavy atom. The van der Waals surface area contributed by atoms with Crippen LogP contribution in [-0.4, -0.2) is 36.4 Å². The standard InChI is InChI=1S/C23H21FN6O/c1-15-13-29(14-25-15)20-9-7-18(26-23(20)31-2)8-10-21-27-22-19(11-12-30(22)28-21)16-3-5-17(24)6-4-16/h3-10,13-14,19H,11-12H2,1-2H3/b10-8+/t19-/m0/s1. The highest BCUT2D eigenvalue weighted by atomic mass is 19.1. The van der Waals surface area contributed by atoms with Crippen molar-refractivity contribution in [3.8, 4) is 11.6 Å². The van der Waals surface area contributed by atoms with Gasteiger partial charge in [0.25, 0.3) is 0 Å². The fourth-order valence-electron chi connectivity index (χ4n) is 3.86. The molecule has 31 heavy (non-hydrogen) atoms. The van der Waals surface area contributed by atoms with E-state index < -0.39 is 0 Å². The summed E-state index contributed by atoms with van der Waals surface area (Å²) in [6, 6.07) is 10.5. The van der Waals surface area contributed by atoms with E-state index in [0.717, 1.165) is 41.4 Å². The summed E-state index contributed by atoms with van der Waals surface area (Å²) in [6.07, 6.45) is 8.28. The molecule has 0 amide bonds. The van der Waals surface area contributed by atoms with Crippen LogP contribution in [-0.2, 0) is 6.54 Å². The Labute approximate surface area is 178 Å². The molecule has 1 atom stereocenters. The minimum Gasteiger partial charge on any atom is -0.479 e. The van der Waals surface area contributed by atoms with Crippen molar-refractivity contribution in [1.82, 2.24) is 29.3 Å². The third-order valence-corrected chi connectivity index (χ3v) is 5.38. The lowest BCUT2D eigenvalue weighted by atomic mass is 9.97. The SMILES string of the molecule is COc1nc(/C=C/c2nc3n(n2)CC[C@H]3c2ccc(F)cc2)ccc1-n1cnc(C)c1. The van der Waals surface area contributed by atoms with Crippen molar-refractivity contribution in [3.63, 3.8) is 0 Å². The van der Waals surface area contributed by atoms with Crippen molar-refractivity contribution >= 4 is 12.2 Å². The fourth-order valence-corrected chi connectivity index (χ4v) is 3.86. The van der Waals surface area contributed by atoms with Crippen LogP contribution in [0.1, 0.15) is 40.9 Å². The summed E-state index contributed by atoms with van der Waals surface area (Å²) in [6.45, 7) is 2.73. The highest BCUT2D eigenvalue weighted by Gasteiger charge is 2.27. The summed E-state index contributed by atoms with van der Waals surface area (Å²) in [5.74, 6) is 1.94. The molecule has 1 aliphatic heterocycles. The van der Waals surface area contributed by atoms with Gasteiger partial charge in [-0.2, -0.15) is 5.10 Å². The van der Waals surface area contributed by atoms with Gasteiger partial charge >= 0.3 is 0 Å². The molecule has 0 fully saturated rings. The van der Waals surface area contributed by atoms with E-state index in [9.17, 15) is 4.39 Å². The van der Waals surface area contributed by atoms with Crippen LogP contribution in [0.4, 0.5) is 4.39 Å². The van der Waals surface area contributed by atoms with Gasteiger partial charge in [0, 0.05) is 18.7 Å². The number of nitrogens with zero attached hydrogens (tertiary/aromatic N) is 6. The molecule has 0 saturated heterocycles. The number of fused-ring (bicyclic) bond motifs is 1. The van der Waals surface area contributed by atoms with Crippen molar-refractivity contribution in [3.05, 3.63) is 83.3 Å². The number of aromatic nitrogens is 6. The van der Waals surface area contributed by atoms with Crippen LogP contribution in [0, 0.1) is 12.7 Å². The Bertz CT molecular complexity index is 1260. The van der Waals surface area contributed by atoms with Crippen LogP contribution in [0.5, 0.6) is 5.88 Å². The maximum absolute atomic E-state index is 13.3. The minimum absolute atomic E-state index is 0.131. The average Bonchev–Trinajstić information content (AvgIpc) is 3.48. The molecule has 1 aromatic carbocycles. The van der Waals surface area contributed by atoms with Gasteiger partial charge in [-0.1, -0.05) is 12.1 Å².